The zero-order valence-corrected chi connectivity index (χ0v) is 47.8. The maximum atomic E-state index is 12.9. The van der Waals surface area contributed by atoms with Crippen molar-refractivity contribution in [2.24, 2.45) is 0 Å². The highest BCUT2D eigenvalue weighted by atomic mass is 31.2. The van der Waals surface area contributed by atoms with Crippen LogP contribution < -0.4 is 0 Å². The molecule has 0 saturated carbocycles. The van der Waals surface area contributed by atoms with E-state index >= 15 is 0 Å². The molecule has 0 aromatic carbocycles. The van der Waals surface area contributed by atoms with Crippen LogP contribution in [0.1, 0.15) is 188 Å². The third-order valence-corrected chi connectivity index (χ3v) is 11.9. The average molecular weight is 1080 g/mol. The second-order valence-electron chi connectivity index (χ2n) is 18.0. The Hall–Kier alpha value is -4.90. The van der Waals surface area contributed by atoms with Crippen LogP contribution in [-0.2, 0) is 42.2 Å². The summed E-state index contributed by atoms with van der Waals surface area (Å²) in [5, 5.41) is 9.81. The molecule has 11 nitrogen and oxygen atoms in total. The second kappa shape index (κ2) is 56.3. The largest absolute Gasteiger partial charge is 0.472 e. The molecule has 0 heterocycles. The molecule has 0 radical (unpaired) electrons. The molecule has 0 bridgehead atoms. The topological polar surface area (TPSA) is 155 Å². The van der Waals surface area contributed by atoms with E-state index in [1.54, 1.807) is 6.08 Å². The van der Waals surface area contributed by atoms with E-state index < -0.39 is 64.4 Å². The molecule has 3 unspecified atom stereocenters. The molecular formula is C64H99O11P. The predicted octanol–water partition coefficient (Wildman–Crippen LogP) is 16.9. The van der Waals surface area contributed by atoms with Crippen LogP contribution in [0, 0.1) is 0 Å². The van der Waals surface area contributed by atoms with E-state index in [2.05, 4.69) is 154 Å². The van der Waals surface area contributed by atoms with E-state index in [1.807, 2.05) is 18.2 Å². The van der Waals surface area contributed by atoms with Gasteiger partial charge in [0.2, 0.25) is 0 Å². The van der Waals surface area contributed by atoms with Crippen molar-refractivity contribution in [1.29, 1.82) is 0 Å². The van der Waals surface area contributed by atoms with Gasteiger partial charge in [0.15, 0.2) is 6.10 Å². The normalized spacial score (nSPS) is 14.5. The first-order valence-electron chi connectivity index (χ1n) is 28.4. The van der Waals surface area contributed by atoms with Crippen LogP contribution in [0.25, 0.3) is 0 Å². The molecule has 76 heavy (non-hydrogen) atoms. The molecule has 0 fully saturated rings. The van der Waals surface area contributed by atoms with Crippen molar-refractivity contribution in [3.05, 3.63) is 158 Å². The highest BCUT2D eigenvalue weighted by Gasteiger charge is 2.28. The van der Waals surface area contributed by atoms with Gasteiger partial charge in [0, 0.05) is 12.8 Å². The van der Waals surface area contributed by atoms with Gasteiger partial charge in [-0.05, 0) is 122 Å². The number of rotatable bonds is 50. The number of hydrogen-bond acceptors (Lipinski definition) is 10. The maximum absolute atomic E-state index is 12.9. The number of aliphatic hydroxyl groups excluding tert-OH is 1. The van der Waals surface area contributed by atoms with E-state index in [0.29, 0.717) is 19.3 Å². The highest BCUT2D eigenvalue weighted by Crippen LogP contribution is 2.43. The van der Waals surface area contributed by atoms with Crippen LogP contribution in [0.15, 0.2) is 158 Å². The third-order valence-electron chi connectivity index (χ3n) is 11.0. The lowest BCUT2D eigenvalue weighted by molar-refractivity contribution is -0.160. The van der Waals surface area contributed by atoms with Crippen LogP contribution in [0.2, 0.25) is 0 Å². The maximum Gasteiger partial charge on any atom is 0.472 e. The molecule has 0 saturated heterocycles. The number of ether oxygens (including phenoxy) is 3. The molecule has 0 aliphatic carbocycles. The summed E-state index contributed by atoms with van der Waals surface area (Å²) < 4.78 is 39.3. The van der Waals surface area contributed by atoms with Gasteiger partial charge in [0.25, 0.3) is 0 Å². The Bertz CT molecular complexity index is 1880. The molecule has 0 aliphatic rings. The molecule has 0 aromatic heterocycles. The second-order valence-corrected chi connectivity index (χ2v) is 19.4. The summed E-state index contributed by atoms with van der Waals surface area (Å²) in [5.74, 6) is -1.70. The molecule has 426 valence electrons. The van der Waals surface area contributed by atoms with Gasteiger partial charge in [-0.1, -0.05) is 204 Å². The van der Waals surface area contributed by atoms with Crippen LogP contribution >= 0.6 is 7.82 Å². The summed E-state index contributed by atoms with van der Waals surface area (Å²) in [6, 6.07) is 0. The fraction of sp³-hybridized carbons (Fsp3) is 0.547. The molecule has 0 amide bonds. The average Bonchev–Trinajstić information content (AvgIpc) is 3.41. The van der Waals surface area contributed by atoms with Gasteiger partial charge in [-0.25, -0.2) is 4.57 Å². The Morgan fingerprint density at radius 3 is 1.11 bits per heavy atom. The highest BCUT2D eigenvalue weighted by molar-refractivity contribution is 7.47. The van der Waals surface area contributed by atoms with Crippen LogP contribution in [0.4, 0.5) is 0 Å². The van der Waals surface area contributed by atoms with Crippen molar-refractivity contribution in [2.75, 3.05) is 26.4 Å². The molecule has 0 aliphatic heterocycles. The number of hydrogen-bond donors (Lipinski definition) is 2. The molecule has 0 aromatic rings. The Balaban J connectivity index is 4.92. The zero-order chi connectivity index (χ0) is 55.5. The van der Waals surface area contributed by atoms with Crippen molar-refractivity contribution in [3.8, 4) is 0 Å². The number of carbonyl (C=O) groups excluding carboxylic acids is 3. The number of phosphoric acid groups is 1. The lowest BCUT2D eigenvalue weighted by Crippen LogP contribution is -2.30. The summed E-state index contributed by atoms with van der Waals surface area (Å²) in [6.07, 6.45) is 73.8. The summed E-state index contributed by atoms with van der Waals surface area (Å²) in [5.41, 5.74) is 0. The first kappa shape index (κ1) is 71.1. The van der Waals surface area contributed by atoms with Gasteiger partial charge in [-0.15, -0.1) is 0 Å². The van der Waals surface area contributed by atoms with Gasteiger partial charge in [-0.2, -0.15) is 0 Å². The zero-order valence-electron chi connectivity index (χ0n) is 46.9. The Morgan fingerprint density at radius 2 is 0.697 bits per heavy atom. The van der Waals surface area contributed by atoms with Crippen molar-refractivity contribution in [2.45, 2.75) is 200 Å². The SMILES string of the molecule is CC/C=C\C/C=C\C/C=C\C/C=C\C/C=C\CCCCCC(=O)OCC(COP(=O)(O)OCC(CO)OC(=O)CCCCCCC/C=C\C/C=C\C/C=C\CC)OC(=O)C/C=C\C/C=C\C/C=C\C/C=C\C/C=C\CC. The molecule has 0 rings (SSSR count). The minimum Gasteiger partial charge on any atom is -0.462 e. The van der Waals surface area contributed by atoms with Crippen LogP contribution in [-0.4, -0.2) is 66.5 Å². The van der Waals surface area contributed by atoms with Crippen molar-refractivity contribution >= 4 is 25.7 Å². The number of allylic oxidation sites excluding steroid dienone is 25. The molecule has 3 atom stereocenters. The number of phosphoric ester groups is 1. The number of aliphatic hydroxyl groups is 1. The minimum atomic E-state index is -4.80. The van der Waals surface area contributed by atoms with E-state index in [9.17, 15) is 28.9 Å². The Labute approximate surface area is 460 Å². The number of unbranched alkanes of at least 4 members (excludes halogenated alkanes) is 8. The predicted molar refractivity (Wildman–Crippen MR) is 315 cm³/mol. The lowest BCUT2D eigenvalue weighted by Gasteiger charge is -2.21. The van der Waals surface area contributed by atoms with E-state index in [1.165, 1.54) is 0 Å². The summed E-state index contributed by atoms with van der Waals surface area (Å²) >= 11 is 0. The van der Waals surface area contributed by atoms with Crippen LogP contribution in [0.5, 0.6) is 0 Å². The standard InChI is InChI=1S/C64H99O11P/c1-4-7-10-13-16-19-22-25-28-29-30-31-34-35-38-41-44-47-50-53-62(66)71-57-61(75-64(68)55-52-49-46-43-40-37-33-27-24-21-18-15-12-9-6-3)59-73-76(69,70)72-58-60(56-65)74-63(67)54-51-48-45-42-39-36-32-26-23-20-17-14-11-8-5-2/h7-12,16-21,25-28,30-33,35,38,40,43,49,52,60-61,65H,4-6,13-15,22-24,29,34,36-37,39,41-42,44-48,50-51,53-59H2,1-3H3,(H,69,70)/b10-7-,11-8-,12-9-,19-16-,20-17-,21-18-,28-25-,31-30-,32-26-,33-27-,38-35-,43-40-,52-49-. The van der Waals surface area contributed by atoms with Gasteiger partial charge < -0.3 is 24.2 Å². The quantitative estimate of drug-likeness (QED) is 0.0197. The first-order valence-corrected chi connectivity index (χ1v) is 29.9. The van der Waals surface area contributed by atoms with Gasteiger partial charge in [0.1, 0.15) is 12.7 Å². The molecular weight excluding hydrogens is 976 g/mol. The van der Waals surface area contributed by atoms with Gasteiger partial charge >= 0.3 is 25.7 Å². The van der Waals surface area contributed by atoms with Crippen molar-refractivity contribution < 1.29 is 52.2 Å². The van der Waals surface area contributed by atoms with Crippen LogP contribution in [0.3, 0.4) is 0 Å². The number of esters is 3. The molecule has 2 N–H and O–H groups in total. The molecule has 12 heteroatoms. The smallest absolute Gasteiger partial charge is 0.462 e. The third kappa shape index (κ3) is 53.9. The Kier molecular flexibility index (Phi) is 52.7. The first-order chi connectivity index (χ1) is 37.2. The van der Waals surface area contributed by atoms with E-state index in [0.717, 1.165) is 128 Å². The number of carbonyl (C=O) groups is 3. The minimum absolute atomic E-state index is 0.0829. The van der Waals surface area contributed by atoms with Crippen molar-refractivity contribution in [1.82, 2.24) is 0 Å². The van der Waals surface area contributed by atoms with E-state index in [-0.39, 0.29) is 19.3 Å². The summed E-state index contributed by atoms with van der Waals surface area (Å²) in [4.78, 5) is 48.5. The fourth-order valence-electron chi connectivity index (χ4n) is 6.76. The van der Waals surface area contributed by atoms with E-state index in [4.69, 9.17) is 23.3 Å². The summed E-state index contributed by atoms with van der Waals surface area (Å²) in [6.45, 7) is 4.10. The van der Waals surface area contributed by atoms with Gasteiger partial charge in [0.05, 0.1) is 26.2 Å². The van der Waals surface area contributed by atoms with Gasteiger partial charge in [-0.3, -0.25) is 23.4 Å². The summed E-state index contributed by atoms with van der Waals surface area (Å²) in [7, 11) is -4.80. The fourth-order valence-corrected chi connectivity index (χ4v) is 7.55. The van der Waals surface area contributed by atoms with Crippen molar-refractivity contribution in [3.63, 3.8) is 0 Å². The lowest BCUT2D eigenvalue weighted by atomic mass is 10.1. The monoisotopic (exact) mass is 1070 g/mol. The Morgan fingerprint density at radius 1 is 0.382 bits per heavy atom. The molecule has 0 spiro atoms.